The number of hydrogen-bond acceptors (Lipinski definition) is 2. The number of hydrogen-bond donors (Lipinski definition) is 1. The van der Waals surface area contributed by atoms with E-state index in [1.807, 2.05) is 38.2 Å². The summed E-state index contributed by atoms with van der Waals surface area (Å²) in [4.78, 5) is 25.0. The maximum absolute atomic E-state index is 12.6. The van der Waals surface area contributed by atoms with Gasteiger partial charge in [-0.15, -0.1) is 0 Å². The van der Waals surface area contributed by atoms with E-state index in [2.05, 4.69) is 104 Å². The lowest BCUT2D eigenvalue weighted by Gasteiger charge is -2.33. The second-order valence-electron chi connectivity index (χ2n) is 16.4. The number of ketones is 1. The van der Waals surface area contributed by atoms with Gasteiger partial charge in [-0.05, 0) is 132 Å². The second-order valence-corrected chi connectivity index (χ2v) is 16.4. The zero-order chi connectivity index (χ0) is 37.3. The minimum Gasteiger partial charge on any atom is -0.353 e. The molecule has 1 unspecified atom stereocenters. The molecule has 0 saturated carbocycles. The number of unbranched alkanes of at least 4 members (excludes halogenated alkanes) is 1. The monoisotopic (exact) mass is 680 g/mol. The predicted molar refractivity (Wildman–Crippen MR) is 218 cm³/mol. The third kappa shape index (κ3) is 16.0. The van der Waals surface area contributed by atoms with Gasteiger partial charge in [-0.1, -0.05) is 131 Å². The highest BCUT2D eigenvalue weighted by Gasteiger charge is 2.27. The first-order valence-corrected chi connectivity index (χ1v) is 19.1. The number of rotatable bonds is 17. The fourth-order valence-corrected chi connectivity index (χ4v) is 7.21. The molecular weight excluding hydrogens is 611 g/mol. The lowest BCUT2D eigenvalue weighted by molar-refractivity contribution is -0.116. The average molecular weight is 680 g/mol. The fourth-order valence-electron chi connectivity index (χ4n) is 7.21. The molecule has 2 aliphatic carbocycles. The van der Waals surface area contributed by atoms with Crippen molar-refractivity contribution in [1.82, 2.24) is 5.32 Å². The van der Waals surface area contributed by atoms with Gasteiger partial charge in [0.15, 0.2) is 5.78 Å². The predicted octanol–water partition coefficient (Wildman–Crippen LogP) is 12.9. The van der Waals surface area contributed by atoms with Gasteiger partial charge in [0, 0.05) is 19.0 Å². The van der Waals surface area contributed by atoms with Crippen LogP contribution in [0, 0.1) is 16.7 Å². The van der Waals surface area contributed by atoms with Crippen molar-refractivity contribution >= 4 is 11.7 Å². The van der Waals surface area contributed by atoms with Crippen LogP contribution in [-0.2, 0) is 9.59 Å². The van der Waals surface area contributed by atoms with Crippen LogP contribution in [0.5, 0.6) is 0 Å². The summed E-state index contributed by atoms with van der Waals surface area (Å²) in [5.74, 6) is 0.424. The molecule has 0 aromatic carbocycles. The molecule has 1 N–H and O–H groups in total. The molecule has 1 atom stereocenters. The molecule has 274 valence electrons. The maximum Gasteiger partial charge on any atom is 0.244 e. The average Bonchev–Trinajstić information content (AvgIpc) is 2.99. The van der Waals surface area contributed by atoms with E-state index < -0.39 is 0 Å². The molecule has 50 heavy (non-hydrogen) atoms. The summed E-state index contributed by atoms with van der Waals surface area (Å²) in [7, 11) is 0. The molecule has 0 aromatic heterocycles. The van der Waals surface area contributed by atoms with Crippen LogP contribution in [0.3, 0.4) is 0 Å². The summed E-state index contributed by atoms with van der Waals surface area (Å²) >= 11 is 0. The van der Waals surface area contributed by atoms with E-state index in [1.54, 1.807) is 12.2 Å². The topological polar surface area (TPSA) is 46.2 Å². The van der Waals surface area contributed by atoms with Crippen molar-refractivity contribution in [2.75, 3.05) is 6.54 Å². The van der Waals surface area contributed by atoms with E-state index in [0.717, 1.165) is 30.4 Å². The van der Waals surface area contributed by atoms with E-state index in [-0.39, 0.29) is 22.5 Å². The van der Waals surface area contributed by atoms with Gasteiger partial charge < -0.3 is 5.32 Å². The largest absolute Gasteiger partial charge is 0.353 e. The van der Waals surface area contributed by atoms with Crippen LogP contribution in [0.15, 0.2) is 117 Å². The van der Waals surface area contributed by atoms with Gasteiger partial charge >= 0.3 is 0 Å². The van der Waals surface area contributed by atoms with Crippen LogP contribution < -0.4 is 5.32 Å². The molecule has 1 amide bonds. The first-order chi connectivity index (χ1) is 23.5. The van der Waals surface area contributed by atoms with Crippen molar-refractivity contribution in [3.8, 4) is 0 Å². The second kappa shape index (κ2) is 21.0. The molecular formula is C47H69NO2. The standard InChI is InChI=1S/C47H69NO2/c1-35(25-27-43-40(6)23-16-29-46(43,8)9)19-14-21-38(4)33-42(49)32-37(3)18-12-13-31-48-45(50)34-39(5)22-15-20-36(2)26-28-44-41(7)24-17-30-47(44,10)11/h14-15,19-22,25-28,33-34,37H,12-13,16-18,23-24,29-32H2,1-11H3,(H,48,50)/b21-14+,22-15+,27-25+,28-26+,35-19+,36-20+,38-33+,39-34+. The highest BCUT2D eigenvalue weighted by molar-refractivity contribution is 5.90. The lowest BCUT2D eigenvalue weighted by atomic mass is 9.72. The smallest absolute Gasteiger partial charge is 0.244 e. The quantitative estimate of drug-likeness (QED) is 0.0945. The number of carbonyl (C=O) groups is 2. The van der Waals surface area contributed by atoms with Crippen molar-refractivity contribution in [3.63, 3.8) is 0 Å². The summed E-state index contributed by atoms with van der Waals surface area (Å²) in [5.41, 5.74) is 10.7. The van der Waals surface area contributed by atoms with E-state index in [9.17, 15) is 9.59 Å². The van der Waals surface area contributed by atoms with Crippen molar-refractivity contribution in [2.24, 2.45) is 16.7 Å². The van der Waals surface area contributed by atoms with Crippen molar-refractivity contribution in [2.45, 2.75) is 140 Å². The molecule has 0 bridgehead atoms. The summed E-state index contributed by atoms with van der Waals surface area (Å²) < 4.78 is 0. The molecule has 0 spiro atoms. The normalized spacial score (nSPS) is 20.2. The number of allylic oxidation sites excluding steroid dienone is 19. The molecule has 0 aliphatic heterocycles. The van der Waals surface area contributed by atoms with Crippen LogP contribution in [0.4, 0.5) is 0 Å². The van der Waals surface area contributed by atoms with Crippen LogP contribution >= 0.6 is 0 Å². The molecule has 0 aromatic rings. The molecule has 2 aliphatic rings. The van der Waals surface area contributed by atoms with Crippen LogP contribution in [-0.4, -0.2) is 18.2 Å². The Kier molecular flexibility index (Phi) is 18.0. The molecule has 0 radical (unpaired) electrons. The van der Waals surface area contributed by atoms with E-state index in [1.165, 1.54) is 72.0 Å². The molecule has 0 heterocycles. The maximum atomic E-state index is 12.6. The van der Waals surface area contributed by atoms with Gasteiger partial charge in [0.05, 0.1) is 0 Å². The zero-order valence-corrected chi connectivity index (χ0v) is 33.6. The summed E-state index contributed by atoms with van der Waals surface area (Å²) in [6.45, 7) is 24.8. The number of nitrogens with one attached hydrogen (secondary N) is 1. The Morgan fingerprint density at radius 3 is 1.66 bits per heavy atom. The Labute approximate surface area is 306 Å². The Balaban J connectivity index is 1.69. The van der Waals surface area contributed by atoms with E-state index >= 15 is 0 Å². The first-order valence-electron chi connectivity index (χ1n) is 19.1. The Bertz CT molecular complexity index is 1490. The SMILES string of the molecule is CC1=C(/C=C/C(C)=C/C=C/C(C)=C/C(=O)CC(C)CCCCNC(=O)/C=C(C)/C=C/C=C(C)/C=C/C2=C(C)CCCC2(C)C)C(C)(C)CCC1. The first kappa shape index (κ1) is 42.7. The molecule has 0 saturated heterocycles. The highest BCUT2D eigenvalue weighted by Crippen LogP contribution is 2.41. The molecule has 3 heteroatoms. The van der Waals surface area contributed by atoms with Gasteiger partial charge in [-0.3, -0.25) is 9.59 Å². The third-order valence-corrected chi connectivity index (χ3v) is 10.3. The van der Waals surface area contributed by atoms with Crippen molar-refractivity contribution in [1.29, 1.82) is 0 Å². The zero-order valence-electron chi connectivity index (χ0n) is 33.6. The fraction of sp³-hybridized carbons (Fsp3) is 0.532. The van der Waals surface area contributed by atoms with Crippen LogP contribution in [0.1, 0.15) is 140 Å². The summed E-state index contributed by atoms with van der Waals surface area (Å²) in [6, 6.07) is 0. The van der Waals surface area contributed by atoms with Gasteiger partial charge in [0.1, 0.15) is 0 Å². The van der Waals surface area contributed by atoms with Gasteiger partial charge in [-0.2, -0.15) is 0 Å². The Morgan fingerprint density at radius 2 is 1.18 bits per heavy atom. The van der Waals surface area contributed by atoms with Gasteiger partial charge in [0.25, 0.3) is 0 Å². The van der Waals surface area contributed by atoms with Crippen LogP contribution in [0.25, 0.3) is 0 Å². The number of amides is 1. The lowest BCUT2D eigenvalue weighted by Crippen LogP contribution is -2.22. The van der Waals surface area contributed by atoms with Gasteiger partial charge in [-0.25, -0.2) is 0 Å². The minimum absolute atomic E-state index is 0.0618. The van der Waals surface area contributed by atoms with Crippen molar-refractivity contribution in [3.05, 3.63) is 117 Å². The van der Waals surface area contributed by atoms with E-state index in [4.69, 9.17) is 0 Å². The summed E-state index contributed by atoms with van der Waals surface area (Å²) in [5, 5.41) is 3.00. The minimum atomic E-state index is -0.0618. The Morgan fingerprint density at radius 1 is 0.700 bits per heavy atom. The van der Waals surface area contributed by atoms with E-state index in [0.29, 0.717) is 18.9 Å². The summed E-state index contributed by atoms with van der Waals surface area (Å²) in [6.07, 6.45) is 35.5. The third-order valence-electron chi connectivity index (χ3n) is 10.3. The molecule has 0 fully saturated rings. The molecule has 2 rings (SSSR count). The molecule has 3 nitrogen and oxygen atoms in total. The Hall–Kier alpha value is -3.46. The van der Waals surface area contributed by atoms with Crippen LogP contribution in [0.2, 0.25) is 0 Å². The highest BCUT2D eigenvalue weighted by atomic mass is 16.1. The number of carbonyl (C=O) groups excluding carboxylic acids is 2. The van der Waals surface area contributed by atoms with Crippen molar-refractivity contribution < 1.29 is 9.59 Å². The van der Waals surface area contributed by atoms with Gasteiger partial charge in [0.2, 0.25) is 5.91 Å².